The summed E-state index contributed by atoms with van der Waals surface area (Å²) in [5, 5.41) is 12.3. The van der Waals surface area contributed by atoms with Gasteiger partial charge in [0.25, 0.3) is 0 Å². The van der Waals surface area contributed by atoms with E-state index in [1.807, 2.05) is 60.7 Å². The Morgan fingerprint density at radius 1 is 0.875 bits per heavy atom. The molecule has 1 unspecified atom stereocenters. The maximum Gasteiger partial charge on any atom is 0.305 e. The van der Waals surface area contributed by atoms with Crippen LogP contribution in [0.25, 0.3) is 0 Å². The molecule has 0 bridgehead atoms. The van der Waals surface area contributed by atoms with Crippen molar-refractivity contribution in [2.24, 2.45) is 0 Å². The van der Waals surface area contributed by atoms with Crippen molar-refractivity contribution in [2.75, 3.05) is 5.32 Å². The van der Waals surface area contributed by atoms with Crippen molar-refractivity contribution in [3.05, 3.63) is 90.0 Å². The van der Waals surface area contributed by atoms with Crippen LogP contribution in [0.2, 0.25) is 0 Å². The number of carboxylic acids is 1. The van der Waals surface area contributed by atoms with Crippen molar-refractivity contribution in [1.29, 1.82) is 0 Å². The topological polar surface area (TPSA) is 66.4 Å². The fourth-order valence-electron chi connectivity index (χ4n) is 3.09. The van der Waals surface area contributed by atoms with Crippen molar-refractivity contribution < 1.29 is 14.7 Å². The summed E-state index contributed by atoms with van der Waals surface area (Å²) >= 11 is 0. The Hall–Kier alpha value is -3.14. The highest BCUT2D eigenvalue weighted by Crippen LogP contribution is 2.44. The smallest absolute Gasteiger partial charge is 0.305 e. The molecule has 0 aliphatic carbocycles. The average molecular weight is 319 g/mol. The van der Waals surface area contributed by atoms with Gasteiger partial charge in [0.2, 0.25) is 5.91 Å². The number of aliphatic carboxylic acids is 1. The van der Waals surface area contributed by atoms with Crippen LogP contribution in [-0.4, -0.2) is 17.0 Å². The molecule has 3 rings (SSSR count). The summed E-state index contributed by atoms with van der Waals surface area (Å²) in [6.07, 6.45) is -0.306. The van der Waals surface area contributed by atoms with Gasteiger partial charge in [-0.1, -0.05) is 72.8 Å². The minimum atomic E-state index is -1.24. The molecular formula is C20H17NO3. The molecule has 2 N–H and O–H groups in total. The van der Waals surface area contributed by atoms with Crippen LogP contribution in [0.4, 0.5) is 5.69 Å². The SMILES string of the molecule is O=C(O)CC1(c2ccccccccc2)C(=O)Nc2ccccc21. The Morgan fingerprint density at radius 3 is 2.04 bits per heavy atom. The van der Waals surface area contributed by atoms with E-state index in [1.54, 1.807) is 18.2 Å². The summed E-state index contributed by atoms with van der Waals surface area (Å²) in [5.74, 6) is -1.33. The summed E-state index contributed by atoms with van der Waals surface area (Å²) < 4.78 is 0. The number of para-hydroxylation sites is 1. The highest BCUT2D eigenvalue weighted by atomic mass is 16.4. The van der Waals surface area contributed by atoms with Crippen LogP contribution < -0.4 is 5.32 Å². The number of hydrogen-bond acceptors (Lipinski definition) is 2. The second-order valence-electron chi connectivity index (χ2n) is 5.61. The minimum absolute atomic E-state index is 0.306. The van der Waals surface area contributed by atoms with Gasteiger partial charge in [-0.25, -0.2) is 0 Å². The van der Waals surface area contributed by atoms with Crippen molar-refractivity contribution in [2.45, 2.75) is 11.8 Å². The Morgan fingerprint density at radius 2 is 1.42 bits per heavy atom. The van der Waals surface area contributed by atoms with Crippen molar-refractivity contribution >= 4 is 17.6 Å². The van der Waals surface area contributed by atoms with Gasteiger partial charge in [-0.2, -0.15) is 0 Å². The molecule has 1 heterocycles. The van der Waals surface area contributed by atoms with E-state index >= 15 is 0 Å². The summed E-state index contributed by atoms with van der Waals surface area (Å²) in [6, 6.07) is 23.8. The lowest BCUT2D eigenvalue weighted by Gasteiger charge is -2.26. The Kier molecular flexibility index (Phi) is 4.29. The predicted molar refractivity (Wildman–Crippen MR) is 92.2 cm³/mol. The first kappa shape index (κ1) is 15.7. The number of anilines is 1. The van der Waals surface area contributed by atoms with Gasteiger partial charge in [-0.3, -0.25) is 9.59 Å². The van der Waals surface area contributed by atoms with E-state index < -0.39 is 11.4 Å². The highest BCUT2D eigenvalue weighted by Gasteiger charge is 2.49. The van der Waals surface area contributed by atoms with E-state index in [-0.39, 0.29) is 12.3 Å². The number of carboxylic acid groups (broad SMARTS) is 1. The van der Waals surface area contributed by atoms with Gasteiger partial charge in [0, 0.05) is 5.69 Å². The lowest BCUT2D eigenvalue weighted by atomic mass is 9.73. The number of fused-ring (bicyclic) bond motifs is 1. The van der Waals surface area contributed by atoms with Gasteiger partial charge >= 0.3 is 5.97 Å². The van der Waals surface area contributed by atoms with E-state index in [0.29, 0.717) is 16.8 Å². The first-order valence-electron chi connectivity index (χ1n) is 7.66. The van der Waals surface area contributed by atoms with E-state index in [4.69, 9.17) is 0 Å². The molecule has 1 atom stereocenters. The molecule has 0 radical (unpaired) electrons. The quantitative estimate of drug-likeness (QED) is 0.909. The third kappa shape index (κ3) is 2.74. The lowest BCUT2D eigenvalue weighted by molar-refractivity contribution is -0.140. The van der Waals surface area contributed by atoms with Crippen LogP contribution in [0.1, 0.15) is 17.5 Å². The van der Waals surface area contributed by atoms with Crippen LogP contribution in [0.15, 0.2) is 78.9 Å². The Labute approximate surface area is 140 Å². The molecule has 0 fully saturated rings. The largest absolute Gasteiger partial charge is 0.481 e. The number of carbonyl (C=O) groups excluding carboxylic acids is 1. The molecule has 4 heteroatoms. The van der Waals surface area contributed by atoms with E-state index in [1.165, 1.54) is 0 Å². The fraction of sp³-hybridized carbons (Fsp3) is 0.100. The molecule has 0 spiro atoms. The molecule has 1 aliphatic heterocycles. The summed E-state index contributed by atoms with van der Waals surface area (Å²) in [5.41, 5.74) is 0.761. The summed E-state index contributed by atoms with van der Waals surface area (Å²) in [4.78, 5) is 24.4. The van der Waals surface area contributed by atoms with Gasteiger partial charge in [-0.05, 0) is 17.2 Å². The molecule has 0 saturated heterocycles. The molecule has 1 aliphatic rings. The molecular weight excluding hydrogens is 302 g/mol. The zero-order valence-corrected chi connectivity index (χ0v) is 13.0. The molecule has 24 heavy (non-hydrogen) atoms. The third-order valence-corrected chi connectivity index (χ3v) is 4.15. The molecule has 1 amide bonds. The molecule has 120 valence electrons. The second-order valence-corrected chi connectivity index (χ2v) is 5.61. The fourth-order valence-corrected chi connectivity index (χ4v) is 3.09. The second kappa shape index (κ2) is 6.54. The minimum Gasteiger partial charge on any atom is -0.481 e. The third-order valence-electron chi connectivity index (χ3n) is 4.15. The molecule has 4 nitrogen and oxygen atoms in total. The van der Waals surface area contributed by atoms with Crippen molar-refractivity contribution in [3.63, 3.8) is 0 Å². The standard InChI is InChI=1S/C20H17NO3/c22-18(23)14-20(15-10-6-4-2-1-3-5-7-11-15)16-12-8-9-13-17(16)21-19(20)24/h1-13H,14H2,(H,21,24)(H,22,23). The van der Waals surface area contributed by atoms with Gasteiger partial charge in [-0.15, -0.1) is 0 Å². The zero-order valence-electron chi connectivity index (χ0n) is 13.0. The van der Waals surface area contributed by atoms with Crippen molar-refractivity contribution in [3.8, 4) is 0 Å². The summed E-state index contributed by atoms with van der Waals surface area (Å²) in [6.45, 7) is 0. The molecule has 2 aromatic rings. The van der Waals surface area contributed by atoms with Gasteiger partial charge in [0.15, 0.2) is 0 Å². The van der Waals surface area contributed by atoms with Crippen LogP contribution in [0.3, 0.4) is 0 Å². The van der Waals surface area contributed by atoms with E-state index in [9.17, 15) is 14.7 Å². The number of benzene rings is 1. The average Bonchev–Trinajstić information content (AvgIpc) is 2.85. The number of hydrogen-bond donors (Lipinski definition) is 2. The van der Waals surface area contributed by atoms with Gasteiger partial charge in [0.1, 0.15) is 5.41 Å². The predicted octanol–water partition coefficient (Wildman–Crippen LogP) is 3.52. The summed E-state index contributed by atoms with van der Waals surface area (Å²) in [7, 11) is 0. The van der Waals surface area contributed by atoms with Crippen molar-refractivity contribution in [1.82, 2.24) is 0 Å². The number of nitrogens with one attached hydrogen (secondary N) is 1. The Balaban J connectivity index is 2.29. The van der Waals surface area contributed by atoms with Crippen LogP contribution in [0.5, 0.6) is 0 Å². The molecule has 0 aromatic heterocycles. The maximum atomic E-state index is 12.8. The zero-order chi connectivity index (χ0) is 17.0. The monoisotopic (exact) mass is 319 g/mol. The normalized spacial score (nSPS) is 18.2. The van der Waals surface area contributed by atoms with Gasteiger partial charge < -0.3 is 10.4 Å². The van der Waals surface area contributed by atoms with E-state index in [0.717, 1.165) is 0 Å². The number of amides is 1. The van der Waals surface area contributed by atoms with Crippen LogP contribution in [-0.2, 0) is 15.0 Å². The first-order valence-corrected chi connectivity index (χ1v) is 7.66. The molecule has 0 saturated carbocycles. The van der Waals surface area contributed by atoms with Crippen LogP contribution >= 0.6 is 0 Å². The van der Waals surface area contributed by atoms with E-state index in [2.05, 4.69) is 5.32 Å². The van der Waals surface area contributed by atoms with Crippen LogP contribution in [0, 0.1) is 0 Å². The lowest BCUT2D eigenvalue weighted by Crippen LogP contribution is -2.37. The Bertz CT molecular complexity index is 820. The first-order chi connectivity index (χ1) is 11.6. The number of carbonyl (C=O) groups is 2. The highest BCUT2D eigenvalue weighted by molar-refractivity contribution is 6.10. The maximum absolute atomic E-state index is 12.8. The van der Waals surface area contributed by atoms with Gasteiger partial charge in [0.05, 0.1) is 6.42 Å². The number of rotatable bonds is 3. The molecule has 2 aromatic carbocycles.